The van der Waals surface area contributed by atoms with Crippen molar-refractivity contribution < 1.29 is 0 Å². The van der Waals surface area contributed by atoms with E-state index in [1.807, 2.05) is 6.92 Å². The number of hydrogen-bond donors (Lipinski definition) is 1. The second-order valence-corrected chi connectivity index (χ2v) is 5.20. The first-order valence-electron chi connectivity index (χ1n) is 7.01. The minimum atomic E-state index is 0.419. The number of benzene rings is 1. The van der Waals surface area contributed by atoms with Crippen LogP contribution in [0.3, 0.4) is 0 Å². The number of hydrogen-bond acceptors (Lipinski definition) is 3. The monoisotopic (exact) mass is 256 g/mol. The lowest BCUT2D eigenvalue weighted by Crippen LogP contribution is -2.24. The van der Waals surface area contributed by atoms with Gasteiger partial charge < -0.3 is 9.88 Å². The van der Waals surface area contributed by atoms with Gasteiger partial charge in [-0.15, -0.1) is 10.2 Å². The van der Waals surface area contributed by atoms with Crippen LogP contribution < -0.4 is 5.32 Å². The van der Waals surface area contributed by atoms with Gasteiger partial charge in [0.05, 0.1) is 0 Å². The SMILES string of the molecule is CCCn1c(C)nnc1C1CNc2ccccc2C1. The third-order valence-corrected chi connectivity index (χ3v) is 3.80. The summed E-state index contributed by atoms with van der Waals surface area (Å²) < 4.78 is 2.26. The van der Waals surface area contributed by atoms with Crippen molar-refractivity contribution in [1.82, 2.24) is 14.8 Å². The van der Waals surface area contributed by atoms with Gasteiger partial charge in [-0.05, 0) is 31.4 Å². The highest BCUT2D eigenvalue weighted by molar-refractivity contribution is 5.54. The molecule has 1 N–H and O–H groups in total. The molecule has 0 radical (unpaired) electrons. The van der Waals surface area contributed by atoms with E-state index < -0.39 is 0 Å². The van der Waals surface area contributed by atoms with Crippen LogP contribution in [-0.2, 0) is 13.0 Å². The van der Waals surface area contributed by atoms with Crippen LogP contribution in [0.4, 0.5) is 5.69 Å². The Bertz CT molecular complexity index is 573. The zero-order valence-electron chi connectivity index (χ0n) is 11.6. The lowest BCUT2D eigenvalue weighted by Gasteiger charge is -2.26. The van der Waals surface area contributed by atoms with Crippen molar-refractivity contribution in [3.05, 3.63) is 41.5 Å². The summed E-state index contributed by atoms with van der Waals surface area (Å²) >= 11 is 0. The first kappa shape index (κ1) is 12.2. The molecule has 1 atom stereocenters. The molecular formula is C15H20N4. The van der Waals surface area contributed by atoms with E-state index in [9.17, 15) is 0 Å². The summed E-state index contributed by atoms with van der Waals surface area (Å²) in [5, 5.41) is 12.2. The Kier molecular flexibility index (Phi) is 3.23. The topological polar surface area (TPSA) is 42.7 Å². The van der Waals surface area contributed by atoms with Gasteiger partial charge in [0.25, 0.3) is 0 Å². The molecule has 0 spiro atoms. The quantitative estimate of drug-likeness (QED) is 0.918. The highest BCUT2D eigenvalue weighted by Gasteiger charge is 2.24. The van der Waals surface area contributed by atoms with Gasteiger partial charge >= 0.3 is 0 Å². The maximum atomic E-state index is 4.40. The Morgan fingerprint density at radius 3 is 3.00 bits per heavy atom. The molecule has 0 saturated heterocycles. The minimum absolute atomic E-state index is 0.419. The van der Waals surface area contributed by atoms with Crippen molar-refractivity contribution in [2.75, 3.05) is 11.9 Å². The third kappa shape index (κ3) is 2.23. The predicted octanol–water partition coefficient (Wildman–Crippen LogP) is 2.75. The first-order valence-corrected chi connectivity index (χ1v) is 7.01. The molecule has 19 heavy (non-hydrogen) atoms. The van der Waals surface area contributed by atoms with Crippen LogP contribution in [0.15, 0.2) is 24.3 Å². The van der Waals surface area contributed by atoms with Gasteiger partial charge in [0.2, 0.25) is 0 Å². The molecule has 4 nitrogen and oxygen atoms in total. The molecule has 4 heteroatoms. The molecule has 1 aromatic heterocycles. The standard InChI is InChI=1S/C15H20N4/c1-3-8-19-11(2)17-18-15(19)13-9-12-6-4-5-7-14(12)16-10-13/h4-7,13,16H,3,8-10H2,1-2H3. The Labute approximate surface area is 113 Å². The summed E-state index contributed by atoms with van der Waals surface area (Å²) in [6, 6.07) is 8.52. The van der Waals surface area contributed by atoms with Crippen molar-refractivity contribution in [1.29, 1.82) is 0 Å². The third-order valence-electron chi connectivity index (χ3n) is 3.80. The Morgan fingerprint density at radius 2 is 2.16 bits per heavy atom. The van der Waals surface area contributed by atoms with Gasteiger partial charge in [-0.2, -0.15) is 0 Å². The van der Waals surface area contributed by atoms with Gasteiger partial charge in [-0.3, -0.25) is 0 Å². The maximum Gasteiger partial charge on any atom is 0.138 e. The molecule has 0 bridgehead atoms. The lowest BCUT2D eigenvalue weighted by molar-refractivity contribution is 0.560. The fraction of sp³-hybridized carbons (Fsp3) is 0.467. The summed E-state index contributed by atoms with van der Waals surface area (Å²) in [6.07, 6.45) is 2.16. The number of fused-ring (bicyclic) bond motifs is 1. The van der Waals surface area contributed by atoms with Gasteiger partial charge in [0.1, 0.15) is 11.6 Å². The molecule has 0 aliphatic carbocycles. The largest absolute Gasteiger partial charge is 0.384 e. The smallest absolute Gasteiger partial charge is 0.138 e. The molecule has 1 unspecified atom stereocenters. The van der Waals surface area contributed by atoms with Crippen LogP contribution in [0.2, 0.25) is 0 Å². The zero-order valence-corrected chi connectivity index (χ0v) is 11.6. The van der Waals surface area contributed by atoms with E-state index in [1.54, 1.807) is 0 Å². The number of nitrogens with zero attached hydrogens (tertiary/aromatic N) is 3. The van der Waals surface area contributed by atoms with E-state index >= 15 is 0 Å². The molecular weight excluding hydrogens is 236 g/mol. The summed E-state index contributed by atoms with van der Waals surface area (Å²) in [6.45, 7) is 6.18. The van der Waals surface area contributed by atoms with Crippen LogP contribution >= 0.6 is 0 Å². The van der Waals surface area contributed by atoms with E-state index in [0.717, 1.165) is 37.6 Å². The second-order valence-electron chi connectivity index (χ2n) is 5.20. The summed E-state index contributed by atoms with van der Waals surface area (Å²) in [7, 11) is 0. The number of aromatic nitrogens is 3. The zero-order chi connectivity index (χ0) is 13.2. The normalized spacial score (nSPS) is 17.9. The highest BCUT2D eigenvalue weighted by Crippen LogP contribution is 2.29. The molecule has 1 aliphatic heterocycles. The van der Waals surface area contributed by atoms with Crippen molar-refractivity contribution in [2.45, 2.75) is 39.2 Å². The molecule has 0 fully saturated rings. The highest BCUT2D eigenvalue weighted by atomic mass is 15.3. The molecule has 2 heterocycles. The number of rotatable bonds is 3. The van der Waals surface area contributed by atoms with Crippen LogP contribution in [0.5, 0.6) is 0 Å². The molecule has 1 aromatic carbocycles. The van der Waals surface area contributed by atoms with E-state index in [2.05, 4.69) is 51.3 Å². The molecule has 0 saturated carbocycles. The van der Waals surface area contributed by atoms with Gasteiger partial charge in [-0.25, -0.2) is 0 Å². The van der Waals surface area contributed by atoms with Gasteiger partial charge in [-0.1, -0.05) is 25.1 Å². The molecule has 3 rings (SSSR count). The molecule has 2 aromatic rings. The lowest BCUT2D eigenvalue weighted by atomic mass is 9.93. The van der Waals surface area contributed by atoms with Gasteiger partial charge in [0, 0.05) is 24.7 Å². The molecule has 1 aliphatic rings. The molecule has 100 valence electrons. The van der Waals surface area contributed by atoms with E-state index in [4.69, 9.17) is 0 Å². The first-order chi connectivity index (χ1) is 9.29. The Hall–Kier alpha value is -1.84. The number of aryl methyl sites for hydroxylation is 1. The van der Waals surface area contributed by atoms with Crippen molar-refractivity contribution in [3.63, 3.8) is 0 Å². The van der Waals surface area contributed by atoms with Crippen LogP contribution in [0, 0.1) is 6.92 Å². The fourth-order valence-electron chi connectivity index (χ4n) is 2.82. The molecule has 0 amide bonds. The number of para-hydroxylation sites is 1. The fourth-order valence-corrected chi connectivity index (χ4v) is 2.82. The average molecular weight is 256 g/mol. The van der Waals surface area contributed by atoms with Crippen molar-refractivity contribution >= 4 is 5.69 Å². The average Bonchev–Trinajstić information content (AvgIpc) is 2.80. The minimum Gasteiger partial charge on any atom is -0.384 e. The van der Waals surface area contributed by atoms with E-state index in [-0.39, 0.29) is 0 Å². The maximum absolute atomic E-state index is 4.40. The summed E-state index contributed by atoms with van der Waals surface area (Å²) in [5.41, 5.74) is 2.64. The van der Waals surface area contributed by atoms with Gasteiger partial charge in [0.15, 0.2) is 0 Å². The summed E-state index contributed by atoms with van der Waals surface area (Å²) in [5.74, 6) is 2.57. The number of nitrogens with one attached hydrogen (secondary N) is 1. The van der Waals surface area contributed by atoms with Crippen molar-refractivity contribution in [3.8, 4) is 0 Å². The number of anilines is 1. The van der Waals surface area contributed by atoms with E-state index in [1.165, 1.54) is 11.3 Å². The summed E-state index contributed by atoms with van der Waals surface area (Å²) in [4.78, 5) is 0. The Morgan fingerprint density at radius 1 is 1.32 bits per heavy atom. The van der Waals surface area contributed by atoms with Crippen molar-refractivity contribution in [2.24, 2.45) is 0 Å². The predicted molar refractivity (Wildman–Crippen MR) is 76.4 cm³/mol. The second kappa shape index (κ2) is 5.03. The Balaban J connectivity index is 1.89. The van der Waals surface area contributed by atoms with Crippen LogP contribution in [0.25, 0.3) is 0 Å². The van der Waals surface area contributed by atoms with Crippen LogP contribution in [0.1, 0.15) is 36.5 Å². The van der Waals surface area contributed by atoms with E-state index in [0.29, 0.717) is 5.92 Å². The van der Waals surface area contributed by atoms with Crippen LogP contribution in [-0.4, -0.2) is 21.3 Å².